The highest BCUT2D eigenvalue weighted by molar-refractivity contribution is 5.46. The van der Waals surface area contributed by atoms with Crippen LogP contribution in [-0.4, -0.2) is 20.2 Å². The summed E-state index contributed by atoms with van der Waals surface area (Å²) < 4.78 is 19.2. The van der Waals surface area contributed by atoms with Gasteiger partial charge in [-0.25, -0.2) is 4.39 Å². The predicted octanol–water partition coefficient (Wildman–Crippen LogP) is 3.31. The molecule has 20 heavy (non-hydrogen) atoms. The number of benzene rings is 2. The van der Waals surface area contributed by atoms with Crippen LogP contribution in [0, 0.1) is 5.82 Å². The van der Waals surface area contributed by atoms with Crippen molar-refractivity contribution in [3.8, 4) is 5.75 Å². The zero-order valence-corrected chi connectivity index (χ0v) is 11.6. The summed E-state index contributed by atoms with van der Waals surface area (Å²) in [6.45, 7) is 1.32. The van der Waals surface area contributed by atoms with E-state index < -0.39 is 0 Å². The summed E-state index contributed by atoms with van der Waals surface area (Å²) in [6.07, 6.45) is 0.815. The topological polar surface area (TPSA) is 38.5 Å². The molecule has 2 N–H and O–H groups in total. The SMILES string of the molecule is CN(CCCOc1ccc(N)cc1)c1ccccc1F. The van der Waals surface area contributed by atoms with Gasteiger partial charge in [0, 0.05) is 19.3 Å². The van der Waals surface area contributed by atoms with Gasteiger partial charge in [0.05, 0.1) is 12.3 Å². The molecule has 0 unspecified atom stereocenters. The van der Waals surface area contributed by atoms with E-state index in [9.17, 15) is 4.39 Å². The molecule has 0 aliphatic rings. The van der Waals surface area contributed by atoms with Gasteiger partial charge in [0.15, 0.2) is 0 Å². The molecule has 0 aromatic heterocycles. The Morgan fingerprint density at radius 1 is 1.10 bits per heavy atom. The van der Waals surface area contributed by atoms with E-state index in [0.29, 0.717) is 12.3 Å². The molecule has 0 spiro atoms. The summed E-state index contributed by atoms with van der Waals surface area (Å²) in [5.41, 5.74) is 6.93. The first kappa shape index (κ1) is 14.2. The van der Waals surface area contributed by atoms with Gasteiger partial charge in [0.25, 0.3) is 0 Å². The molecular weight excluding hydrogens is 255 g/mol. The molecule has 2 aromatic carbocycles. The van der Waals surface area contributed by atoms with Crippen LogP contribution in [0.5, 0.6) is 5.75 Å². The molecule has 4 heteroatoms. The molecule has 0 atom stereocenters. The Labute approximate surface area is 118 Å². The number of nitrogen functional groups attached to an aromatic ring is 1. The van der Waals surface area contributed by atoms with Gasteiger partial charge >= 0.3 is 0 Å². The fourth-order valence-corrected chi connectivity index (χ4v) is 1.94. The third-order valence-electron chi connectivity index (χ3n) is 3.05. The zero-order valence-electron chi connectivity index (χ0n) is 11.6. The lowest BCUT2D eigenvalue weighted by molar-refractivity contribution is 0.312. The second-order valence-corrected chi connectivity index (χ2v) is 4.64. The van der Waals surface area contributed by atoms with Crippen LogP contribution in [0.4, 0.5) is 15.8 Å². The first-order valence-electron chi connectivity index (χ1n) is 6.61. The second kappa shape index (κ2) is 6.80. The van der Waals surface area contributed by atoms with E-state index in [1.54, 1.807) is 24.3 Å². The van der Waals surface area contributed by atoms with Crippen molar-refractivity contribution in [3.05, 3.63) is 54.3 Å². The Hall–Kier alpha value is -2.23. The Balaban J connectivity index is 1.76. The average Bonchev–Trinajstić information content (AvgIpc) is 2.46. The van der Waals surface area contributed by atoms with Crippen molar-refractivity contribution >= 4 is 11.4 Å². The van der Waals surface area contributed by atoms with Crippen molar-refractivity contribution < 1.29 is 9.13 Å². The molecule has 3 nitrogen and oxygen atoms in total. The second-order valence-electron chi connectivity index (χ2n) is 4.64. The third kappa shape index (κ3) is 3.88. The molecule has 0 saturated heterocycles. The smallest absolute Gasteiger partial charge is 0.146 e. The minimum Gasteiger partial charge on any atom is -0.494 e. The van der Waals surface area contributed by atoms with Crippen LogP contribution in [-0.2, 0) is 0 Å². The number of anilines is 2. The zero-order chi connectivity index (χ0) is 14.4. The molecule has 0 fully saturated rings. The van der Waals surface area contributed by atoms with Crippen LogP contribution in [0.2, 0.25) is 0 Å². The normalized spacial score (nSPS) is 10.3. The lowest BCUT2D eigenvalue weighted by Crippen LogP contribution is -2.21. The van der Waals surface area contributed by atoms with E-state index in [2.05, 4.69) is 0 Å². The summed E-state index contributed by atoms with van der Waals surface area (Å²) in [5.74, 6) is 0.599. The van der Waals surface area contributed by atoms with E-state index >= 15 is 0 Å². The van der Waals surface area contributed by atoms with Crippen molar-refractivity contribution in [2.45, 2.75) is 6.42 Å². The molecule has 0 amide bonds. The molecule has 0 radical (unpaired) electrons. The van der Waals surface area contributed by atoms with E-state index in [-0.39, 0.29) is 5.82 Å². The van der Waals surface area contributed by atoms with E-state index in [4.69, 9.17) is 10.5 Å². The summed E-state index contributed by atoms with van der Waals surface area (Å²) >= 11 is 0. The average molecular weight is 274 g/mol. The van der Waals surface area contributed by atoms with Gasteiger partial charge in [-0.15, -0.1) is 0 Å². The number of hydrogen-bond donors (Lipinski definition) is 1. The quantitative estimate of drug-likeness (QED) is 0.648. The van der Waals surface area contributed by atoms with Crippen molar-refractivity contribution in [2.75, 3.05) is 30.8 Å². The van der Waals surface area contributed by atoms with Gasteiger partial charge in [0.1, 0.15) is 11.6 Å². The number of ether oxygens (including phenoxy) is 1. The number of rotatable bonds is 6. The highest BCUT2D eigenvalue weighted by Gasteiger charge is 2.05. The number of halogens is 1. The van der Waals surface area contributed by atoms with E-state index in [1.165, 1.54) is 6.07 Å². The van der Waals surface area contributed by atoms with E-state index in [0.717, 1.165) is 24.4 Å². The third-order valence-corrected chi connectivity index (χ3v) is 3.05. The minimum atomic E-state index is -0.200. The van der Waals surface area contributed by atoms with Gasteiger partial charge < -0.3 is 15.4 Å². The van der Waals surface area contributed by atoms with Gasteiger partial charge in [-0.05, 0) is 42.8 Å². The van der Waals surface area contributed by atoms with Crippen LogP contribution < -0.4 is 15.4 Å². The Bertz CT molecular complexity index is 542. The number of nitrogens with zero attached hydrogens (tertiary/aromatic N) is 1. The fourth-order valence-electron chi connectivity index (χ4n) is 1.94. The number of hydrogen-bond acceptors (Lipinski definition) is 3. The minimum absolute atomic E-state index is 0.200. The van der Waals surface area contributed by atoms with Crippen LogP contribution in [0.25, 0.3) is 0 Å². The Morgan fingerprint density at radius 3 is 2.50 bits per heavy atom. The molecule has 0 bridgehead atoms. The van der Waals surface area contributed by atoms with E-state index in [1.807, 2.05) is 30.1 Å². The standard InChI is InChI=1S/C16H19FN2O/c1-19(16-6-3-2-5-15(16)17)11-4-12-20-14-9-7-13(18)8-10-14/h2-3,5-10H,4,11-12,18H2,1H3. The summed E-state index contributed by atoms with van der Waals surface area (Å²) in [4.78, 5) is 1.89. The van der Waals surface area contributed by atoms with Crippen LogP contribution in [0.1, 0.15) is 6.42 Å². The van der Waals surface area contributed by atoms with Crippen molar-refractivity contribution in [3.63, 3.8) is 0 Å². The lowest BCUT2D eigenvalue weighted by Gasteiger charge is -2.19. The van der Waals surface area contributed by atoms with Crippen molar-refractivity contribution in [2.24, 2.45) is 0 Å². The van der Waals surface area contributed by atoms with Gasteiger partial charge in [-0.2, -0.15) is 0 Å². The fraction of sp³-hybridized carbons (Fsp3) is 0.250. The first-order valence-corrected chi connectivity index (χ1v) is 6.61. The monoisotopic (exact) mass is 274 g/mol. The van der Waals surface area contributed by atoms with Gasteiger partial charge in [-0.3, -0.25) is 0 Å². The number of para-hydroxylation sites is 1. The van der Waals surface area contributed by atoms with Crippen LogP contribution in [0.15, 0.2) is 48.5 Å². The highest BCUT2D eigenvalue weighted by Crippen LogP contribution is 2.17. The van der Waals surface area contributed by atoms with Crippen LogP contribution in [0.3, 0.4) is 0 Å². The molecular formula is C16H19FN2O. The molecule has 2 rings (SSSR count). The lowest BCUT2D eigenvalue weighted by atomic mass is 10.2. The summed E-state index contributed by atoms with van der Waals surface area (Å²) in [7, 11) is 1.88. The number of nitrogens with two attached hydrogens (primary N) is 1. The molecule has 2 aromatic rings. The maximum Gasteiger partial charge on any atom is 0.146 e. The summed E-state index contributed by atoms with van der Waals surface area (Å²) in [5, 5.41) is 0. The predicted molar refractivity (Wildman–Crippen MR) is 80.6 cm³/mol. The van der Waals surface area contributed by atoms with Crippen LogP contribution >= 0.6 is 0 Å². The molecule has 0 saturated carbocycles. The Morgan fingerprint density at radius 2 is 1.80 bits per heavy atom. The summed E-state index contributed by atoms with van der Waals surface area (Å²) in [6, 6.07) is 14.1. The first-order chi connectivity index (χ1) is 9.66. The molecule has 0 aliphatic carbocycles. The highest BCUT2D eigenvalue weighted by atomic mass is 19.1. The van der Waals surface area contributed by atoms with Crippen molar-refractivity contribution in [1.29, 1.82) is 0 Å². The maximum atomic E-state index is 13.6. The maximum absolute atomic E-state index is 13.6. The molecule has 0 aliphatic heterocycles. The molecule has 0 heterocycles. The Kier molecular flexibility index (Phi) is 4.82. The van der Waals surface area contributed by atoms with Gasteiger partial charge in [-0.1, -0.05) is 12.1 Å². The van der Waals surface area contributed by atoms with Crippen molar-refractivity contribution in [1.82, 2.24) is 0 Å². The van der Waals surface area contributed by atoms with Gasteiger partial charge in [0.2, 0.25) is 0 Å². The molecule has 106 valence electrons. The largest absolute Gasteiger partial charge is 0.494 e.